The number of hydrogen-bond acceptors (Lipinski definition) is 3. The molecule has 0 spiro atoms. The van der Waals surface area contributed by atoms with Crippen LogP contribution in [0.4, 0.5) is 10.1 Å². The van der Waals surface area contributed by atoms with Gasteiger partial charge in [-0.3, -0.25) is 9.48 Å². The number of aromatic nitrogens is 2. The summed E-state index contributed by atoms with van der Waals surface area (Å²) in [5.41, 5.74) is 2.93. The van der Waals surface area contributed by atoms with Gasteiger partial charge in [-0.05, 0) is 57.5 Å². The van der Waals surface area contributed by atoms with Gasteiger partial charge in [0.25, 0.3) is 0 Å². The van der Waals surface area contributed by atoms with Crippen molar-refractivity contribution < 1.29 is 9.18 Å². The van der Waals surface area contributed by atoms with Crippen LogP contribution in [0.25, 0.3) is 0 Å². The fourth-order valence-electron chi connectivity index (χ4n) is 3.45. The first kappa shape index (κ1) is 17.5. The Hall–Kier alpha value is -2.37. The Morgan fingerprint density at radius 1 is 1.12 bits per heavy atom. The minimum atomic E-state index is -0.300. The van der Waals surface area contributed by atoms with Crippen molar-refractivity contribution in [2.24, 2.45) is 0 Å². The molecule has 134 valence electrons. The Balaban J connectivity index is 1.67. The lowest BCUT2D eigenvalue weighted by molar-refractivity contribution is -0.134. The van der Waals surface area contributed by atoms with Crippen LogP contribution in [-0.4, -0.2) is 46.8 Å². The van der Waals surface area contributed by atoms with E-state index in [1.54, 1.807) is 16.8 Å². The lowest BCUT2D eigenvalue weighted by Gasteiger charge is -2.26. The van der Waals surface area contributed by atoms with Gasteiger partial charge in [-0.15, -0.1) is 0 Å². The smallest absolute Gasteiger partial charge is 0.247 e. The molecule has 1 fully saturated rings. The van der Waals surface area contributed by atoms with Gasteiger partial charge in [-0.25, -0.2) is 4.39 Å². The first-order valence-corrected chi connectivity index (χ1v) is 8.78. The fourth-order valence-corrected chi connectivity index (χ4v) is 3.45. The fraction of sp³-hybridized carbons (Fsp3) is 0.474. The highest BCUT2D eigenvalue weighted by Gasteiger charge is 2.25. The zero-order valence-corrected chi connectivity index (χ0v) is 15.1. The van der Waals surface area contributed by atoms with E-state index in [1.165, 1.54) is 12.1 Å². The maximum Gasteiger partial charge on any atom is 0.247 e. The number of carbonyl (C=O) groups is 1. The number of carbonyl (C=O) groups excluding carboxylic acids is 1. The SMILES string of the molecule is Cc1cc(C)n([C@@H](C)C(=O)N2CCCN(c3ccc(F)cc3)CC2)n1. The highest BCUT2D eigenvalue weighted by Crippen LogP contribution is 2.19. The average Bonchev–Trinajstić information content (AvgIpc) is 2.79. The third kappa shape index (κ3) is 3.83. The molecule has 1 saturated heterocycles. The predicted octanol–water partition coefficient (Wildman–Crippen LogP) is 2.94. The van der Waals surface area contributed by atoms with E-state index in [9.17, 15) is 9.18 Å². The van der Waals surface area contributed by atoms with Gasteiger partial charge in [0.05, 0.1) is 5.69 Å². The number of halogens is 1. The normalized spacial score (nSPS) is 16.6. The molecule has 0 radical (unpaired) electrons. The summed E-state index contributed by atoms with van der Waals surface area (Å²) in [5, 5.41) is 4.44. The van der Waals surface area contributed by atoms with E-state index in [0.29, 0.717) is 6.54 Å². The van der Waals surface area contributed by atoms with Crippen LogP contribution in [0.3, 0.4) is 0 Å². The van der Waals surface area contributed by atoms with Gasteiger partial charge in [-0.1, -0.05) is 0 Å². The van der Waals surface area contributed by atoms with Crippen molar-refractivity contribution in [1.82, 2.24) is 14.7 Å². The molecule has 25 heavy (non-hydrogen) atoms. The van der Waals surface area contributed by atoms with E-state index < -0.39 is 0 Å². The van der Waals surface area contributed by atoms with Crippen molar-refractivity contribution in [2.75, 3.05) is 31.1 Å². The summed E-state index contributed by atoms with van der Waals surface area (Å²) in [4.78, 5) is 17.0. The number of rotatable bonds is 3. The van der Waals surface area contributed by atoms with Crippen molar-refractivity contribution in [3.63, 3.8) is 0 Å². The summed E-state index contributed by atoms with van der Waals surface area (Å²) < 4.78 is 14.9. The Kier molecular flexibility index (Phi) is 5.06. The summed E-state index contributed by atoms with van der Waals surface area (Å²) >= 11 is 0. The summed E-state index contributed by atoms with van der Waals surface area (Å²) in [6, 6.07) is 8.24. The van der Waals surface area contributed by atoms with Crippen molar-refractivity contribution in [2.45, 2.75) is 33.2 Å². The Morgan fingerprint density at radius 2 is 1.84 bits per heavy atom. The van der Waals surface area contributed by atoms with Gasteiger partial charge in [0.2, 0.25) is 5.91 Å². The van der Waals surface area contributed by atoms with Crippen LogP contribution in [0.2, 0.25) is 0 Å². The van der Waals surface area contributed by atoms with E-state index in [1.807, 2.05) is 31.7 Å². The number of aryl methyl sites for hydroxylation is 2. The maximum atomic E-state index is 13.1. The van der Waals surface area contributed by atoms with Crippen LogP contribution in [0.5, 0.6) is 0 Å². The summed E-state index contributed by atoms with van der Waals surface area (Å²) in [6.07, 6.45) is 0.896. The van der Waals surface area contributed by atoms with Crippen molar-refractivity contribution in [1.29, 1.82) is 0 Å². The summed E-state index contributed by atoms with van der Waals surface area (Å²) in [6.45, 7) is 8.84. The molecule has 0 bridgehead atoms. The van der Waals surface area contributed by atoms with E-state index in [2.05, 4.69) is 10.00 Å². The van der Waals surface area contributed by atoms with Crippen LogP contribution in [-0.2, 0) is 4.79 Å². The van der Waals surface area contributed by atoms with Crippen molar-refractivity contribution in [3.8, 4) is 0 Å². The Bertz CT molecular complexity index is 740. The van der Waals surface area contributed by atoms with Crippen LogP contribution in [0.1, 0.15) is 30.8 Å². The zero-order valence-electron chi connectivity index (χ0n) is 15.1. The summed E-state index contributed by atoms with van der Waals surface area (Å²) in [5.74, 6) is -0.124. The molecule has 1 aliphatic heterocycles. The lowest BCUT2D eigenvalue weighted by atomic mass is 10.2. The quantitative estimate of drug-likeness (QED) is 0.860. The second kappa shape index (κ2) is 7.25. The standard InChI is InChI=1S/C19H25FN4O/c1-14-13-15(2)24(21-14)16(3)19(25)23-10-4-9-22(11-12-23)18-7-5-17(20)6-8-18/h5-8,13,16H,4,9-12H2,1-3H3/t16-/m0/s1. The molecule has 0 N–H and O–H groups in total. The van der Waals surface area contributed by atoms with E-state index >= 15 is 0 Å². The highest BCUT2D eigenvalue weighted by molar-refractivity contribution is 5.80. The maximum absolute atomic E-state index is 13.1. The highest BCUT2D eigenvalue weighted by atomic mass is 19.1. The van der Waals surface area contributed by atoms with E-state index in [0.717, 1.165) is 43.1 Å². The molecule has 0 unspecified atom stereocenters. The van der Waals surface area contributed by atoms with Gasteiger partial charge in [0, 0.05) is 37.6 Å². The number of anilines is 1. The molecule has 1 atom stereocenters. The molecule has 1 amide bonds. The molecule has 3 rings (SSSR count). The molecular weight excluding hydrogens is 319 g/mol. The van der Waals surface area contributed by atoms with Gasteiger partial charge in [0.1, 0.15) is 11.9 Å². The number of amides is 1. The number of hydrogen-bond donors (Lipinski definition) is 0. The molecule has 5 nitrogen and oxygen atoms in total. The zero-order chi connectivity index (χ0) is 18.0. The van der Waals surface area contributed by atoms with Crippen LogP contribution < -0.4 is 4.90 Å². The number of benzene rings is 1. The predicted molar refractivity (Wildman–Crippen MR) is 96.2 cm³/mol. The molecule has 2 heterocycles. The molecular formula is C19H25FN4O. The minimum Gasteiger partial charge on any atom is -0.370 e. The molecule has 0 saturated carbocycles. The number of nitrogens with zero attached hydrogens (tertiary/aromatic N) is 4. The minimum absolute atomic E-state index is 0.104. The van der Waals surface area contributed by atoms with Crippen molar-refractivity contribution in [3.05, 3.63) is 47.5 Å². The van der Waals surface area contributed by atoms with Crippen LogP contribution in [0.15, 0.2) is 30.3 Å². The molecule has 0 aliphatic carbocycles. The van der Waals surface area contributed by atoms with E-state index in [-0.39, 0.29) is 17.8 Å². The Labute approximate surface area is 148 Å². The largest absolute Gasteiger partial charge is 0.370 e. The van der Waals surface area contributed by atoms with Gasteiger partial charge in [-0.2, -0.15) is 5.10 Å². The monoisotopic (exact) mass is 344 g/mol. The first-order valence-electron chi connectivity index (χ1n) is 8.78. The van der Waals surface area contributed by atoms with Gasteiger partial charge in [0.15, 0.2) is 0 Å². The topological polar surface area (TPSA) is 41.4 Å². The Morgan fingerprint density at radius 3 is 2.48 bits per heavy atom. The van der Waals surface area contributed by atoms with Crippen LogP contribution in [0, 0.1) is 19.7 Å². The lowest BCUT2D eigenvalue weighted by Crippen LogP contribution is -2.39. The second-order valence-electron chi connectivity index (χ2n) is 6.69. The van der Waals surface area contributed by atoms with Crippen molar-refractivity contribution >= 4 is 11.6 Å². The molecule has 1 aliphatic rings. The van der Waals surface area contributed by atoms with Gasteiger partial charge >= 0.3 is 0 Å². The second-order valence-corrected chi connectivity index (χ2v) is 6.69. The third-order valence-electron chi connectivity index (χ3n) is 4.77. The molecule has 6 heteroatoms. The first-order chi connectivity index (χ1) is 12.0. The van der Waals surface area contributed by atoms with Crippen LogP contribution >= 0.6 is 0 Å². The summed E-state index contributed by atoms with van der Waals surface area (Å²) in [7, 11) is 0. The molecule has 2 aromatic rings. The molecule has 1 aromatic carbocycles. The molecule has 1 aromatic heterocycles. The van der Waals surface area contributed by atoms with E-state index in [4.69, 9.17) is 0 Å². The van der Waals surface area contributed by atoms with Gasteiger partial charge < -0.3 is 9.80 Å². The third-order valence-corrected chi connectivity index (χ3v) is 4.77. The average molecular weight is 344 g/mol.